The summed E-state index contributed by atoms with van der Waals surface area (Å²) in [5.74, 6) is 0. The number of piperazine rings is 1. The van der Waals surface area contributed by atoms with Crippen LogP contribution in [-0.2, 0) is 6.42 Å². The molecule has 0 radical (unpaired) electrons. The summed E-state index contributed by atoms with van der Waals surface area (Å²) in [6.07, 6.45) is 1.01. The van der Waals surface area contributed by atoms with Crippen LogP contribution in [0.15, 0.2) is 30.3 Å². The predicted octanol–water partition coefficient (Wildman–Crippen LogP) is 3.19. The van der Waals surface area contributed by atoms with E-state index in [1.807, 2.05) is 11.3 Å². The van der Waals surface area contributed by atoms with E-state index >= 15 is 0 Å². The number of rotatable bonds is 4. The minimum Gasteiger partial charge on any atom is -0.372 e. The van der Waals surface area contributed by atoms with Gasteiger partial charge < -0.3 is 10.2 Å². The first kappa shape index (κ1) is 18.4. The molecule has 0 spiro atoms. The van der Waals surface area contributed by atoms with Gasteiger partial charge in [0.2, 0.25) is 5.36 Å². The summed E-state index contributed by atoms with van der Waals surface area (Å²) in [5.41, 5.74) is 4.94. The second-order valence-electron chi connectivity index (χ2n) is 7.08. The zero-order valence-electron chi connectivity index (χ0n) is 16.6. The van der Waals surface area contributed by atoms with Gasteiger partial charge in [-0.05, 0) is 44.0 Å². The molecule has 0 bridgehead atoms. The second kappa shape index (κ2) is 7.95. The van der Waals surface area contributed by atoms with Crippen molar-refractivity contribution in [3.05, 3.63) is 41.3 Å². The van der Waals surface area contributed by atoms with Crippen molar-refractivity contribution in [2.45, 2.75) is 27.2 Å². The Hall–Kier alpha value is -1.98. The fourth-order valence-corrected chi connectivity index (χ4v) is 5.02. The molecule has 1 aromatic rings. The van der Waals surface area contributed by atoms with E-state index in [9.17, 15) is 0 Å². The molecule has 0 unspecified atom stereocenters. The van der Waals surface area contributed by atoms with Gasteiger partial charge in [0.1, 0.15) is 0 Å². The lowest BCUT2D eigenvalue weighted by Gasteiger charge is -2.22. The van der Waals surface area contributed by atoms with Crippen molar-refractivity contribution < 1.29 is 0 Å². The maximum Gasteiger partial charge on any atom is 0.201 e. The van der Waals surface area contributed by atoms with Gasteiger partial charge in [0.25, 0.3) is 0 Å². The van der Waals surface area contributed by atoms with Crippen molar-refractivity contribution in [1.29, 1.82) is 0 Å². The first-order chi connectivity index (χ1) is 13.2. The summed E-state index contributed by atoms with van der Waals surface area (Å²) < 4.78 is 3.76. The number of hydrogen-bond acceptors (Lipinski definition) is 4. The lowest BCUT2D eigenvalue weighted by molar-refractivity contribution is 0.467. The molecule has 4 nitrogen and oxygen atoms in total. The molecule has 1 aromatic carbocycles. The van der Waals surface area contributed by atoms with Crippen molar-refractivity contribution in [1.82, 2.24) is 14.9 Å². The van der Waals surface area contributed by atoms with Gasteiger partial charge in [-0.2, -0.15) is 0 Å². The van der Waals surface area contributed by atoms with Gasteiger partial charge in [-0.3, -0.25) is 0 Å². The van der Waals surface area contributed by atoms with E-state index in [-0.39, 0.29) is 0 Å². The van der Waals surface area contributed by atoms with E-state index in [1.54, 1.807) is 0 Å². The number of nitrogens with one attached hydrogen (secondary N) is 1. The molecule has 3 aliphatic rings. The molecule has 4 rings (SSSR count). The van der Waals surface area contributed by atoms with Crippen LogP contribution < -0.4 is 20.1 Å². The van der Waals surface area contributed by atoms with Crippen LogP contribution in [0.3, 0.4) is 0 Å². The fourth-order valence-electron chi connectivity index (χ4n) is 3.93. The Morgan fingerprint density at radius 3 is 2.56 bits per heavy atom. The van der Waals surface area contributed by atoms with Crippen LogP contribution >= 0.6 is 11.3 Å². The lowest BCUT2D eigenvalue weighted by Crippen LogP contribution is -2.45. The van der Waals surface area contributed by atoms with Crippen molar-refractivity contribution in [3.63, 3.8) is 0 Å². The SMILES string of the molecule is CCc1cc(N(CC)CC)cc2sc3cc(=[N+]4CCNCC4)ccc-3nc12. The molecule has 0 aromatic heterocycles. The smallest absolute Gasteiger partial charge is 0.201 e. The number of aromatic nitrogens is 1. The summed E-state index contributed by atoms with van der Waals surface area (Å²) in [6.45, 7) is 13.0. The van der Waals surface area contributed by atoms with Crippen LogP contribution in [-0.4, -0.2) is 44.3 Å². The highest BCUT2D eigenvalue weighted by atomic mass is 32.1. The molecule has 2 aliphatic heterocycles. The third-order valence-corrected chi connectivity index (χ3v) is 6.60. The van der Waals surface area contributed by atoms with E-state index < -0.39 is 0 Å². The van der Waals surface area contributed by atoms with Crippen molar-refractivity contribution in [3.8, 4) is 10.6 Å². The van der Waals surface area contributed by atoms with E-state index in [4.69, 9.17) is 4.98 Å². The average Bonchev–Trinajstić information content (AvgIpc) is 2.73. The monoisotopic (exact) mass is 381 g/mol. The van der Waals surface area contributed by atoms with Gasteiger partial charge in [-0.25, -0.2) is 9.56 Å². The van der Waals surface area contributed by atoms with E-state index in [2.05, 4.69) is 65.9 Å². The summed E-state index contributed by atoms with van der Waals surface area (Å²) >= 11 is 1.88. The molecule has 2 heterocycles. The summed E-state index contributed by atoms with van der Waals surface area (Å²) in [4.78, 5) is 8.75. The van der Waals surface area contributed by atoms with Gasteiger partial charge in [-0.15, -0.1) is 11.3 Å². The van der Waals surface area contributed by atoms with Crippen LogP contribution in [0.25, 0.3) is 20.8 Å². The van der Waals surface area contributed by atoms with Gasteiger partial charge in [-0.1, -0.05) is 6.92 Å². The number of fused-ring (bicyclic) bond motifs is 2. The molecule has 1 aliphatic carbocycles. The number of hydrogen-bond donors (Lipinski definition) is 1. The third kappa shape index (κ3) is 3.58. The fraction of sp³-hybridized carbons (Fsp3) is 0.455. The summed E-state index contributed by atoms with van der Waals surface area (Å²) in [7, 11) is 0. The lowest BCUT2D eigenvalue weighted by atomic mass is 10.1. The standard InChI is InChI=1S/C22H29N4S/c1-4-16-13-18(25(5-2)6-3)15-21-22(16)24-19-8-7-17(14-20(19)27-21)26-11-9-23-10-12-26/h7-8,13-15,23H,4-6,9-12H2,1-3H3/q+1. The Kier molecular flexibility index (Phi) is 5.41. The molecule has 1 fully saturated rings. The van der Waals surface area contributed by atoms with Crippen molar-refractivity contribution >= 4 is 27.2 Å². The first-order valence-electron chi connectivity index (χ1n) is 10.1. The van der Waals surface area contributed by atoms with Crippen molar-refractivity contribution in [2.75, 3.05) is 44.2 Å². The zero-order chi connectivity index (χ0) is 18.8. The molecule has 0 saturated carbocycles. The second-order valence-corrected chi connectivity index (χ2v) is 8.16. The highest BCUT2D eigenvalue weighted by molar-refractivity contribution is 7.21. The average molecular weight is 382 g/mol. The molecule has 1 N–H and O–H groups in total. The molecular formula is C22H29N4S+. The predicted molar refractivity (Wildman–Crippen MR) is 117 cm³/mol. The molecule has 5 heteroatoms. The van der Waals surface area contributed by atoms with Crippen LogP contribution in [0.2, 0.25) is 0 Å². The van der Waals surface area contributed by atoms with Crippen molar-refractivity contribution in [2.24, 2.45) is 0 Å². The molecule has 0 atom stereocenters. The number of nitrogens with zero attached hydrogens (tertiary/aromatic N) is 3. The molecule has 27 heavy (non-hydrogen) atoms. The Bertz CT molecular complexity index is 979. The normalized spacial score (nSPS) is 14.9. The van der Waals surface area contributed by atoms with Gasteiger partial charge in [0, 0.05) is 30.9 Å². The van der Waals surface area contributed by atoms with Crippen LogP contribution in [0.1, 0.15) is 26.3 Å². The molecule has 1 saturated heterocycles. The van der Waals surface area contributed by atoms with Gasteiger partial charge in [0.05, 0.1) is 33.9 Å². The van der Waals surface area contributed by atoms with E-state index in [1.165, 1.54) is 31.7 Å². The Balaban J connectivity index is 1.91. The zero-order valence-corrected chi connectivity index (χ0v) is 17.4. The van der Waals surface area contributed by atoms with E-state index in [0.29, 0.717) is 0 Å². The molecular weight excluding hydrogens is 352 g/mol. The summed E-state index contributed by atoms with van der Waals surface area (Å²) in [6, 6.07) is 11.4. The van der Waals surface area contributed by atoms with Crippen LogP contribution in [0.4, 0.5) is 5.69 Å². The third-order valence-electron chi connectivity index (χ3n) is 5.53. The maximum atomic E-state index is 5.05. The number of anilines is 1. The molecule has 142 valence electrons. The van der Waals surface area contributed by atoms with Crippen LogP contribution in [0.5, 0.6) is 0 Å². The Labute approximate surface area is 165 Å². The largest absolute Gasteiger partial charge is 0.372 e. The quantitative estimate of drug-likeness (QED) is 0.556. The highest BCUT2D eigenvalue weighted by Gasteiger charge is 2.16. The topological polar surface area (TPSA) is 31.2 Å². The highest BCUT2D eigenvalue weighted by Crippen LogP contribution is 2.34. The van der Waals surface area contributed by atoms with Gasteiger partial charge >= 0.3 is 0 Å². The van der Waals surface area contributed by atoms with Gasteiger partial charge in [0.15, 0.2) is 13.1 Å². The molecule has 0 amide bonds. The minimum absolute atomic E-state index is 1.01. The van der Waals surface area contributed by atoms with Crippen LogP contribution in [0, 0.1) is 0 Å². The Morgan fingerprint density at radius 2 is 1.85 bits per heavy atom. The number of benzene rings is 2. The summed E-state index contributed by atoms with van der Waals surface area (Å²) in [5, 5.41) is 4.75. The first-order valence-corrected chi connectivity index (χ1v) is 11.0. The minimum atomic E-state index is 1.01. The number of aryl methyl sites for hydroxylation is 1. The van der Waals surface area contributed by atoms with E-state index in [0.717, 1.165) is 51.4 Å². The maximum absolute atomic E-state index is 5.05. The Morgan fingerprint density at radius 1 is 1.07 bits per heavy atom.